The molecule has 2 unspecified atom stereocenters. The Labute approximate surface area is 142 Å². The van der Waals surface area contributed by atoms with Crippen LogP contribution in [0.4, 0.5) is 4.79 Å². The maximum Gasteiger partial charge on any atom is 0.407 e. The summed E-state index contributed by atoms with van der Waals surface area (Å²) in [5.74, 6) is 0. The molecule has 1 aromatic carbocycles. The molecule has 6 heteroatoms. The van der Waals surface area contributed by atoms with Gasteiger partial charge in [0.05, 0.1) is 0 Å². The van der Waals surface area contributed by atoms with E-state index < -0.39 is 11.7 Å². The Morgan fingerprint density at radius 2 is 1.91 bits per heavy atom. The standard InChI is InChI=1S/C16H24Cl2N2O2/c1-10(9-19-15(21)22-16(3,4)5)20-11(2)13-8-12(17)6-7-14(13)18/h6-8,10-11,20H,9H2,1-5H3,(H,19,21). The van der Waals surface area contributed by atoms with Crippen LogP contribution in [0.2, 0.25) is 10.0 Å². The molecule has 0 radical (unpaired) electrons. The molecule has 1 amide bonds. The lowest BCUT2D eigenvalue weighted by molar-refractivity contribution is 0.0522. The minimum absolute atomic E-state index is 0.0154. The number of nitrogens with one attached hydrogen (secondary N) is 2. The minimum atomic E-state index is -0.498. The Kier molecular flexibility index (Phi) is 6.98. The summed E-state index contributed by atoms with van der Waals surface area (Å²) in [6.07, 6.45) is -0.422. The molecule has 0 fully saturated rings. The number of carbonyl (C=O) groups excluding carboxylic acids is 1. The zero-order valence-electron chi connectivity index (χ0n) is 13.7. The third kappa shape index (κ3) is 6.86. The maximum absolute atomic E-state index is 11.6. The van der Waals surface area contributed by atoms with Crippen LogP contribution in [-0.2, 0) is 4.74 Å². The van der Waals surface area contributed by atoms with E-state index in [0.717, 1.165) is 5.56 Å². The molecular weight excluding hydrogens is 323 g/mol. The molecule has 0 bridgehead atoms. The SMILES string of the molecule is CC(CNC(=O)OC(C)(C)C)NC(C)c1cc(Cl)ccc1Cl. The van der Waals surface area contributed by atoms with Crippen molar-refractivity contribution in [3.8, 4) is 0 Å². The van der Waals surface area contributed by atoms with Gasteiger partial charge in [-0.25, -0.2) is 4.79 Å². The van der Waals surface area contributed by atoms with Gasteiger partial charge < -0.3 is 15.4 Å². The van der Waals surface area contributed by atoms with Gasteiger partial charge in [-0.3, -0.25) is 0 Å². The molecule has 0 aliphatic carbocycles. The van der Waals surface area contributed by atoms with E-state index in [0.29, 0.717) is 16.6 Å². The number of rotatable bonds is 5. The van der Waals surface area contributed by atoms with Crippen molar-refractivity contribution in [1.29, 1.82) is 0 Å². The summed E-state index contributed by atoms with van der Waals surface area (Å²) in [7, 11) is 0. The zero-order valence-corrected chi connectivity index (χ0v) is 15.2. The van der Waals surface area contributed by atoms with Gasteiger partial charge in [0, 0.05) is 28.7 Å². The fourth-order valence-corrected chi connectivity index (χ4v) is 2.43. The predicted octanol–water partition coefficient (Wildman–Crippen LogP) is 4.56. The molecule has 124 valence electrons. The first-order chi connectivity index (χ1) is 10.1. The van der Waals surface area contributed by atoms with Gasteiger partial charge in [-0.1, -0.05) is 23.2 Å². The van der Waals surface area contributed by atoms with Gasteiger partial charge in [0.25, 0.3) is 0 Å². The molecule has 0 aliphatic rings. The van der Waals surface area contributed by atoms with E-state index >= 15 is 0 Å². The lowest BCUT2D eigenvalue weighted by atomic mass is 10.1. The van der Waals surface area contributed by atoms with Crippen molar-refractivity contribution in [2.24, 2.45) is 0 Å². The smallest absolute Gasteiger partial charge is 0.407 e. The van der Waals surface area contributed by atoms with Crippen molar-refractivity contribution in [2.75, 3.05) is 6.54 Å². The number of alkyl carbamates (subject to hydrolysis) is 1. The molecule has 4 nitrogen and oxygen atoms in total. The van der Waals surface area contributed by atoms with Crippen LogP contribution in [0.15, 0.2) is 18.2 Å². The van der Waals surface area contributed by atoms with Crippen LogP contribution in [0.1, 0.15) is 46.2 Å². The highest BCUT2D eigenvalue weighted by Gasteiger charge is 2.17. The quantitative estimate of drug-likeness (QED) is 0.821. The molecule has 0 aliphatic heterocycles. The fourth-order valence-electron chi connectivity index (χ4n) is 1.97. The van der Waals surface area contributed by atoms with Crippen molar-refractivity contribution >= 4 is 29.3 Å². The first-order valence-corrected chi connectivity index (χ1v) is 8.02. The van der Waals surface area contributed by atoms with Crippen LogP contribution in [0.5, 0.6) is 0 Å². The van der Waals surface area contributed by atoms with Crippen molar-refractivity contribution in [2.45, 2.75) is 52.3 Å². The second-order valence-corrected chi connectivity index (χ2v) is 7.18. The molecule has 0 heterocycles. The van der Waals surface area contributed by atoms with Gasteiger partial charge in [0.15, 0.2) is 0 Å². The van der Waals surface area contributed by atoms with Gasteiger partial charge in [-0.05, 0) is 58.4 Å². The van der Waals surface area contributed by atoms with E-state index in [1.54, 1.807) is 12.1 Å². The summed E-state index contributed by atoms with van der Waals surface area (Å²) >= 11 is 12.2. The number of carbonyl (C=O) groups is 1. The van der Waals surface area contributed by atoms with Crippen LogP contribution in [0.25, 0.3) is 0 Å². The summed E-state index contributed by atoms with van der Waals surface area (Å²) in [6.45, 7) is 9.93. The Morgan fingerprint density at radius 1 is 1.27 bits per heavy atom. The highest BCUT2D eigenvalue weighted by Crippen LogP contribution is 2.26. The largest absolute Gasteiger partial charge is 0.444 e. The molecule has 0 spiro atoms. The van der Waals surface area contributed by atoms with Crippen LogP contribution in [-0.4, -0.2) is 24.3 Å². The number of halogens is 2. The summed E-state index contributed by atoms with van der Waals surface area (Å²) in [5.41, 5.74) is 0.431. The van der Waals surface area contributed by atoms with Crippen molar-refractivity contribution in [3.63, 3.8) is 0 Å². The normalized spacial score (nSPS) is 14.3. The Bertz CT molecular complexity index is 515. The number of hydrogen-bond acceptors (Lipinski definition) is 3. The zero-order chi connectivity index (χ0) is 16.9. The molecule has 1 aromatic rings. The third-order valence-electron chi connectivity index (χ3n) is 2.91. The molecule has 0 saturated heterocycles. The highest BCUT2D eigenvalue weighted by atomic mass is 35.5. The summed E-state index contributed by atoms with van der Waals surface area (Å²) in [6, 6.07) is 5.45. The van der Waals surface area contributed by atoms with E-state index in [4.69, 9.17) is 27.9 Å². The second kappa shape index (κ2) is 8.04. The highest BCUT2D eigenvalue weighted by molar-refractivity contribution is 6.33. The molecule has 0 saturated carbocycles. The van der Waals surface area contributed by atoms with E-state index in [1.807, 2.05) is 40.7 Å². The Morgan fingerprint density at radius 3 is 2.50 bits per heavy atom. The topological polar surface area (TPSA) is 50.4 Å². The number of benzene rings is 1. The van der Waals surface area contributed by atoms with Crippen molar-refractivity contribution in [1.82, 2.24) is 10.6 Å². The van der Waals surface area contributed by atoms with Crippen molar-refractivity contribution in [3.05, 3.63) is 33.8 Å². The van der Waals surface area contributed by atoms with Gasteiger partial charge in [-0.15, -0.1) is 0 Å². The Balaban J connectivity index is 2.49. The average Bonchev–Trinajstić information content (AvgIpc) is 2.37. The lowest BCUT2D eigenvalue weighted by Gasteiger charge is -2.23. The van der Waals surface area contributed by atoms with Gasteiger partial charge in [0.2, 0.25) is 0 Å². The van der Waals surface area contributed by atoms with E-state index in [2.05, 4.69) is 10.6 Å². The summed E-state index contributed by atoms with van der Waals surface area (Å²) in [4.78, 5) is 11.6. The Hall–Kier alpha value is -0.970. The fraction of sp³-hybridized carbons (Fsp3) is 0.562. The van der Waals surface area contributed by atoms with E-state index in [9.17, 15) is 4.79 Å². The average molecular weight is 347 g/mol. The van der Waals surface area contributed by atoms with E-state index in [1.165, 1.54) is 0 Å². The molecular formula is C16H24Cl2N2O2. The molecule has 22 heavy (non-hydrogen) atoms. The van der Waals surface area contributed by atoms with Crippen LogP contribution in [0.3, 0.4) is 0 Å². The number of hydrogen-bond donors (Lipinski definition) is 2. The van der Waals surface area contributed by atoms with E-state index in [-0.39, 0.29) is 12.1 Å². The third-order valence-corrected chi connectivity index (χ3v) is 3.49. The minimum Gasteiger partial charge on any atom is -0.444 e. The second-order valence-electron chi connectivity index (χ2n) is 6.34. The summed E-state index contributed by atoms with van der Waals surface area (Å²) < 4.78 is 5.20. The van der Waals surface area contributed by atoms with Crippen LogP contribution in [0, 0.1) is 0 Å². The van der Waals surface area contributed by atoms with Crippen molar-refractivity contribution < 1.29 is 9.53 Å². The number of ether oxygens (including phenoxy) is 1. The lowest BCUT2D eigenvalue weighted by Crippen LogP contribution is -2.42. The van der Waals surface area contributed by atoms with Gasteiger partial charge >= 0.3 is 6.09 Å². The van der Waals surface area contributed by atoms with Crippen LogP contribution < -0.4 is 10.6 Å². The summed E-state index contributed by atoms with van der Waals surface area (Å²) in [5, 5.41) is 7.42. The molecule has 2 N–H and O–H groups in total. The first kappa shape index (κ1) is 19.1. The molecule has 2 atom stereocenters. The molecule has 1 rings (SSSR count). The first-order valence-electron chi connectivity index (χ1n) is 7.26. The maximum atomic E-state index is 11.6. The van der Waals surface area contributed by atoms with Crippen LogP contribution >= 0.6 is 23.2 Å². The predicted molar refractivity (Wildman–Crippen MR) is 91.7 cm³/mol. The molecule has 0 aromatic heterocycles. The monoisotopic (exact) mass is 346 g/mol. The number of amides is 1. The van der Waals surface area contributed by atoms with Gasteiger partial charge in [-0.2, -0.15) is 0 Å². The van der Waals surface area contributed by atoms with Gasteiger partial charge in [0.1, 0.15) is 5.60 Å².